The molecule has 0 aliphatic heterocycles. The van der Waals surface area contributed by atoms with Crippen LogP contribution < -0.4 is 4.74 Å². The second-order valence-corrected chi connectivity index (χ2v) is 8.12. The van der Waals surface area contributed by atoms with Gasteiger partial charge in [0.1, 0.15) is 22.9 Å². The highest BCUT2D eigenvalue weighted by Gasteiger charge is 2.23. The van der Waals surface area contributed by atoms with Crippen LogP contribution >= 0.6 is 0 Å². The third-order valence-corrected chi connectivity index (χ3v) is 5.69. The molecule has 0 unspecified atom stereocenters. The number of hydrogen-bond acceptors (Lipinski definition) is 5. The minimum Gasteiger partial charge on any atom is -0.486 e. The lowest BCUT2D eigenvalue weighted by atomic mass is 10.2. The normalized spacial score (nSPS) is 11.7. The summed E-state index contributed by atoms with van der Waals surface area (Å²) in [5.41, 5.74) is 2.41. The minimum atomic E-state index is -3.61. The standard InChI is InChI=1S/C18H20N4O3S/c1-14-9-10-17(18(11-14)26(23,24)21(2)3)25-13-16-12-19-20-22(16)15-7-5-4-6-8-15/h4-12H,13H2,1-3H3. The van der Waals surface area contributed by atoms with Crippen molar-refractivity contribution in [1.82, 2.24) is 19.3 Å². The Morgan fingerprint density at radius 1 is 1.12 bits per heavy atom. The SMILES string of the molecule is Cc1ccc(OCc2cnnn2-c2ccccc2)c(S(=O)(=O)N(C)C)c1. The summed E-state index contributed by atoms with van der Waals surface area (Å²) in [4.78, 5) is 0.140. The molecule has 1 aromatic heterocycles. The third-order valence-electron chi connectivity index (χ3n) is 3.85. The van der Waals surface area contributed by atoms with E-state index >= 15 is 0 Å². The summed E-state index contributed by atoms with van der Waals surface area (Å²) in [5.74, 6) is 0.296. The molecule has 7 nitrogen and oxygen atoms in total. The van der Waals surface area contributed by atoms with Crippen molar-refractivity contribution in [2.45, 2.75) is 18.4 Å². The molecule has 26 heavy (non-hydrogen) atoms. The van der Waals surface area contributed by atoms with Crippen LogP contribution in [0.1, 0.15) is 11.3 Å². The number of benzene rings is 2. The number of aromatic nitrogens is 3. The molecule has 0 radical (unpaired) electrons. The molecule has 0 aliphatic rings. The average Bonchev–Trinajstić information content (AvgIpc) is 3.09. The largest absolute Gasteiger partial charge is 0.486 e. The molecule has 136 valence electrons. The number of ether oxygens (including phenoxy) is 1. The van der Waals surface area contributed by atoms with E-state index in [-0.39, 0.29) is 11.5 Å². The summed E-state index contributed by atoms with van der Waals surface area (Å²) in [5, 5.41) is 8.00. The summed E-state index contributed by atoms with van der Waals surface area (Å²) in [7, 11) is -0.621. The molecular formula is C18H20N4O3S. The van der Waals surface area contributed by atoms with Crippen LogP contribution in [0, 0.1) is 6.92 Å². The maximum atomic E-state index is 12.6. The maximum absolute atomic E-state index is 12.6. The van der Waals surface area contributed by atoms with Crippen LogP contribution in [0.2, 0.25) is 0 Å². The molecule has 0 atom stereocenters. The van der Waals surface area contributed by atoms with E-state index < -0.39 is 10.0 Å². The first kappa shape index (κ1) is 18.1. The lowest BCUT2D eigenvalue weighted by molar-refractivity contribution is 0.289. The topological polar surface area (TPSA) is 77.3 Å². The Morgan fingerprint density at radius 3 is 2.54 bits per heavy atom. The summed E-state index contributed by atoms with van der Waals surface area (Å²) in [6, 6.07) is 14.6. The molecule has 3 rings (SSSR count). The van der Waals surface area contributed by atoms with Gasteiger partial charge in [0.2, 0.25) is 10.0 Å². The number of aryl methyl sites for hydroxylation is 1. The summed E-state index contributed by atoms with van der Waals surface area (Å²) in [6.07, 6.45) is 1.60. The molecule has 0 bridgehead atoms. The van der Waals surface area contributed by atoms with E-state index in [0.717, 1.165) is 11.3 Å². The zero-order valence-corrected chi connectivity index (χ0v) is 15.6. The molecular weight excluding hydrogens is 352 g/mol. The van der Waals surface area contributed by atoms with E-state index in [1.807, 2.05) is 43.3 Å². The fraction of sp³-hybridized carbons (Fsp3) is 0.222. The Kier molecular flexibility index (Phi) is 5.06. The molecule has 2 aromatic carbocycles. The predicted molar refractivity (Wildman–Crippen MR) is 97.7 cm³/mol. The molecule has 0 saturated heterocycles. The van der Waals surface area contributed by atoms with Crippen LogP contribution in [0.3, 0.4) is 0 Å². The number of rotatable bonds is 6. The zero-order valence-electron chi connectivity index (χ0n) is 14.8. The molecule has 0 spiro atoms. The van der Waals surface area contributed by atoms with Gasteiger partial charge in [-0.3, -0.25) is 0 Å². The van der Waals surface area contributed by atoms with Gasteiger partial charge in [-0.2, -0.15) is 0 Å². The van der Waals surface area contributed by atoms with Gasteiger partial charge in [-0.05, 0) is 36.8 Å². The lowest BCUT2D eigenvalue weighted by Gasteiger charge is -2.16. The van der Waals surface area contributed by atoms with Crippen molar-refractivity contribution < 1.29 is 13.2 Å². The minimum absolute atomic E-state index is 0.140. The second kappa shape index (κ2) is 7.27. The molecule has 0 aliphatic carbocycles. The van der Waals surface area contributed by atoms with Gasteiger partial charge in [-0.15, -0.1) is 5.10 Å². The first-order valence-corrected chi connectivity index (χ1v) is 9.44. The maximum Gasteiger partial charge on any atom is 0.246 e. The first-order chi connectivity index (χ1) is 12.4. The van der Waals surface area contributed by atoms with Crippen molar-refractivity contribution in [2.75, 3.05) is 14.1 Å². The van der Waals surface area contributed by atoms with Gasteiger partial charge < -0.3 is 4.74 Å². The van der Waals surface area contributed by atoms with Gasteiger partial charge in [0.25, 0.3) is 0 Å². The Bertz CT molecular complexity index is 998. The fourth-order valence-corrected chi connectivity index (χ4v) is 3.54. The van der Waals surface area contributed by atoms with Crippen LogP contribution in [0.25, 0.3) is 5.69 Å². The van der Waals surface area contributed by atoms with Crippen molar-refractivity contribution in [3.8, 4) is 11.4 Å². The van der Waals surface area contributed by atoms with Gasteiger partial charge in [0, 0.05) is 14.1 Å². The Balaban J connectivity index is 1.90. The number of sulfonamides is 1. The monoisotopic (exact) mass is 372 g/mol. The Hall–Kier alpha value is -2.71. The van der Waals surface area contributed by atoms with Gasteiger partial charge in [0.05, 0.1) is 11.9 Å². The van der Waals surface area contributed by atoms with Crippen LogP contribution in [0.15, 0.2) is 59.6 Å². The van der Waals surface area contributed by atoms with Crippen molar-refractivity contribution in [3.05, 3.63) is 66.0 Å². The first-order valence-electron chi connectivity index (χ1n) is 8.00. The van der Waals surface area contributed by atoms with Gasteiger partial charge in [-0.1, -0.05) is 29.5 Å². The molecule has 0 fully saturated rings. The van der Waals surface area contributed by atoms with Crippen molar-refractivity contribution in [2.24, 2.45) is 0 Å². The predicted octanol–water partition coefficient (Wildman–Crippen LogP) is 2.41. The van der Waals surface area contributed by atoms with E-state index in [1.54, 1.807) is 23.0 Å². The molecule has 3 aromatic rings. The summed E-state index contributed by atoms with van der Waals surface area (Å²) < 4.78 is 33.8. The van der Waals surface area contributed by atoms with Crippen molar-refractivity contribution in [3.63, 3.8) is 0 Å². The van der Waals surface area contributed by atoms with E-state index in [2.05, 4.69) is 10.3 Å². The van der Waals surface area contributed by atoms with E-state index in [0.29, 0.717) is 11.4 Å². The Morgan fingerprint density at radius 2 is 1.85 bits per heavy atom. The third kappa shape index (κ3) is 3.61. The summed E-state index contributed by atoms with van der Waals surface area (Å²) in [6.45, 7) is 1.98. The van der Waals surface area contributed by atoms with Crippen LogP contribution in [-0.2, 0) is 16.6 Å². The Labute approximate surface area is 152 Å². The molecule has 0 N–H and O–H groups in total. The highest BCUT2D eigenvalue weighted by molar-refractivity contribution is 7.89. The highest BCUT2D eigenvalue weighted by Crippen LogP contribution is 2.28. The zero-order chi connectivity index (χ0) is 18.7. The van der Waals surface area contributed by atoms with Crippen molar-refractivity contribution in [1.29, 1.82) is 0 Å². The van der Waals surface area contributed by atoms with E-state index in [9.17, 15) is 8.42 Å². The number of hydrogen-bond donors (Lipinski definition) is 0. The fourth-order valence-electron chi connectivity index (χ4n) is 2.43. The number of para-hydroxylation sites is 1. The van der Waals surface area contributed by atoms with Crippen LogP contribution in [0.4, 0.5) is 0 Å². The van der Waals surface area contributed by atoms with Gasteiger partial charge >= 0.3 is 0 Å². The number of nitrogens with zero attached hydrogens (tertiary/aromatic N) is 4. The van der Waals surface area contributed by atoms with E-state index in [1.165, 1.54) is 18.4 Å². The highest BCUT2D eigenvalue weighted by atomic mass is 32.2. The molecule has 1 heterocycles. The lowest BCUT2D eigenvalue weighted by Crippen LogP contribution is -2.23. The molecule has 0 saturated carbocycles. The molecule has 8 heteroatoms. The van der Waals surface area contributed by atoms with E-state index in [4.69, 9.17) is 4.74 Å². The second-order valence-electron chi connectivity index (χ2n) is 6.00. The van der Waals surface area contributed by atoms with Gasteiger partial charge in [-0.25, -0.2) is 17.4 Å². The average molecular weight is 372 g/mol. The quantitative estimate of drug-likeness (QED) is 0.664. The van der Waals surface area contributed by atoms with Crippen LogP contribution in [0.5, 0.6) is 5.75 Å². The summed E-state index contributed by atoms with van der Waals surface area (Å²) >= 11 is 0. The molecule has 0 amide bonds. The van der Waals surface area contributed by atoms with Crippen LogP contribution in [-0.4, -0.2) is 41.8 Å². The smallest absolute Gasteiger partial charge is 0.246 e. The van der Waals surface area contributed by atoms with Gasteiger partial charge in [0.15, 0.2) is 0 Å². The van der Waals surface area contributed by atoms with Crippen molar-refractivity contribution >= 4 is 10.0 Å².